The highest BCUT2D eigenvalue weighted by Gasteiger charge is 1.65. The Kier molecular flexibility index (Phi) is 1.35. The molecule has 0 aromatic rings. The number of carbonyl (C=O) groups excluding carboxylic acids is 1. The zero-order valence-corrected chi connectivity index (χ0v) is 2.80. The standard InChI is InChI=1S/C2H3N2O/c1-2(5)4-3/h1H3/q-1. The minimum atomic E-state index is -0.565. The maximum absolute atomic E-state index is 9.40. The molecule has 0 bridgehead atoms. The molecule has 0 heterocycles. The van der Waals surface area contributed by atoms with Crippen LogP contribution in [-0.2, 0) is 4.79 Å². The molecule has 3 nitrogen and oxygen atoms in total. The van der Waals surface area contributed by atoms with Crippen molar-refractivity contribution in [3.8, 4) is 0 Å². The molecule has 0 aromatic carbocycles. The Morgan fingerprint density at radius 3 is 2.20 bits per heavy atom. The lowest BCUT2D eigenvalue weighted by molar-refractivity contribution is -0.115. The molecular formula is C2H3N2O-. The van der Waals surface area contributed by atoms with Gasteiger partial charge < -0.3 is 10.6 Å². The average Bonchev–Trinajstić information content (AvgIpc) is 1.38. The van der Waals surface area contributed by atoms with E-state index < -0.39 is 5.91 Å². The van der Waals surface area contributed by atoms with Gasteiger partial charge >= 0.3 is 0 Å². The van der Waals surface area contributed by atoms with Crippen LogP contribution in [0.3, 0.4) is 0 Å². The normalized spacial score (nSPS) is 6.60. The van der Waals surface area contributed by atoms with Gasteiger partial charge in [-0.25, -0.2) is 0 Å². The lowest BCUT2D eigenvalue weighted by Gasteiger charge is -1.76. The third-order valence-electron chi connectivity index (χ3n) is 0.141. The summed E-state index contributed by atoms with van der Waals surface area (Å²) in [5.74, 6) is -0.565. The molecule has 0 saturated heterocycles. The molecule has 28 valence electrons. The molecule has 0 radical (unpaired) electrons. The lowest BCUT2D eigenvalue weighted by Crippen LogP contribution is -1.73. The minimum Gasteiger partial charge on any atom is -0.704 e. The summed E-state index contributed by atoms with van der Waals surface area (Å²) < 4.78 is 0. The van der Waals surface area contributed by atoms with Gasteiger partial charge in [-0.1, -0.05) is 0 Å². The Morgan fingerprint density at radius 1 is 2.00 bits per heavy atom. The van der Waals surface area contributed by atoms with Crippen molar-refractivity contribution in [1.82, 2.24) is 0 Å². The van der Waals surface area contributed by atoms with E-state index in [2.05, 4.69) is 5.11 Å². The average molecular weight is 71.1 g/mol. The molecule has 0 N–H and O–H groups in total. The van der Waals surface area contributed by atoms with Gasteiger partial charge in [0, 0.05) is 6.92 Å². The van der Waals surface area contributed by atoms with E-state index in [1.807, 2.05) is 0 Å². The first-order valence-corrected chi connectivity index (χ1v) is 1.13. The van der Waals surface area contributed by atoms with Gasteiger partial charge in [-0.15, -0.1) is 0 Å². The van der Waals surface area contributed by atoms with Crippen molar-refractivity contribution in [1.29, 1.82) is 0 Å². The molecule has 0 aliphatic heterocycles. The van der Waals surface area contributed by atoms with Crippen LogP contribution < -0.4 is 0 Å². The molecule has 0 aromatic heterocycles. The first kappa shape index (κ1) is 4.27. The maximum atomic E-state index is 9.40. The molecule has 0 aliphatic carbocycles. The van der Waals surface area contributed by atoms with Crippen molar-refractivity contribution in [2.45, 2.75) is 6.92 Å². The molecule has 0 unspecified atom stereocenters. The second kappa shape index (κ2) is 1.58. The van der Waals surface area contributed by atoms with Crippen LogP contribution in [-0.4, -0.2) is 5.91 Å². The minimum absolute atomic E-state index is 0.565. The van der Waals surface area contributed by atoms with Crippen molar-refractivity contribution in [3.63, 3.8) is 0 Å². The summed E-state index contributed by atoms with van der Waals surface area (Å²) in [6, 6.07) is 0. The van der Waals surface area contributed by atoms with Gasteiger partial charge in [-0.2, -0.15) is 0 Å². The second-order valence-electron chi connectivity index (χ2n) is 0.619. The molecule has 3 heteroatoms. The zero-order chi connectivity index (χ0) is 4.28. The number of carbonyl (C=O) groups is 1. The molecule has 0 fully saturated rings. The van der Waals surface area contributed by atoms with E-state index in [0.29, 0.717) is 0 Å². The maximum Gasteiger partial charge on any atom is 0.222 e. The first-order valence-electron chi connectivity index (χ1n) is 1.13. The topological polar surface area (TPSA) is 51.7 Å². The first-order chi connectivity index (χ1) is 2.27. The number of nitrogens with zero attached hydrogens (tertiary/aromatic N) is 2. The summed E-state index contributed by atoms with van der Waals surface area (Å²) in [5, 5.41) is 2.25. The van der Waals surface area contributed by atoms with Crippen LogP contribution in [0.15, 0.2) is 5.11 Å². The van der Waals surface area contributed by atoms with Crippen LogP contribution in [0.2, 0.25) is 0 Å². The largest absolute Gasteiger partial charge is 0.704 e. The van der Waals surface area contributed by atoms with Gasteiger partial charge in [0.1, 0.15) is 0 Å². The number of hydrogen-bond acceptors (Lipinski definition) is 1. The second-order valence-corrected chi connectivity index (χ2v) is 0.619. The predicted octanol–water partition coefficient (Wildman–Crippen LogP) is 0.554. The molecule has 0 atom stereocenters. The van der Waals surface area contributed by atoms with Crippen LogP contribution in [0.5, 0.6) is 0 Å². The van der Waals surface area contributed by atoms with Crippen LogP contribution in [0.25, 0.3) is 5.53 Å². The molecule has 0 rings (SSSR count). The Hall–Kier alpha value is -0.730. The molecule has 1 amide bonds. The molecule has 5 heavy (non-hydrogen) atoms. The number of hydrogen-bond donors (Lipinski definition) is 0. The van der Waals surface area contributed by atoms with Crippen molar-refractivity contribution >= 4 is 5.91 Å². The summed E-state index contributed by atoms with van der Waals surface area (Å²) in [4.78, 5) is 9.40. The highest BCUT2D eigenvalue weighted by molar-refractivity contribution is 5.73. The van der Waals surface area contributed by atoms with Crippen LogP contribution >= 0.6 is 0 Å². The SMILES string of the molecule is CC(=O)N=[N-]. The quantitative estimate of drug-likeness (QED) is 0.385. The van der Waals surface area contributed by atoms with Crippen molar-refractivity contribution in [2.75, 3.05) is 0 Å². The van der Waals surface area contributed by atoms with Gasteiger partial charge in [-0.3, -0.25) is 4.79 Å². The van der Waals surface area contributed by atoms with E-state index in [0.717, 1.165) is 0 Å². The monoisotopic (exact) mass is 71.0 g/mol. The van der Waals surface area contributed by atoms with Gasteiger partial charge in [0.05, 0.1) is 0 Å². The van der Waals surface area contributed by atoms with E-state index in [4.69, 9.17) is 5.53 Å². The number of amides is 1. The number of rotatable bonds is 0. The summed E-state index contributed by atoms with van der Waals surface area (Å²) in [6.07, 6.45) is 0. The highest BCUT2D eigenvalue weighted by atomic mass is 16.1. The van der Waals surface area contributed by atoms with E-state index in [9.17, 15) is 4.79 Å². The van der Waals surface area contributed by atoms with Crippen molar-refractivity contribution in [3.05, 3.63) is 5.53 Å². The fourth-order valence-electron chi connectivity index (χ4n) is 0. The zero-order valence-electron chi connectivity index (χ0n) is 2.80. The van der Waals surface area contributed by atoms with E-state index in [1.54, 1.807) is 0 Å². The van der Waals surface area contributed by atoms with E-state index >= 15 is 0 Å². The summed E-state index contributed by atoms with van der Waals surface area (Å²) in [6.45, 7) is 1.17. The van der Waals surface area contributed by atoms with E-state index in [-0.39, 0.29) is 0 Å². The van der Waals surface area contributed by atoms with Crippen LogP contribution in [0, 0.1) is 0 Å². The van der Waals surface area contributed by atoms with Gasteiger partial charge in [0.2, 0.25) is 5.91 Å². The lowest BCUT2D eigenvalue weighted by atomic mass is 10.8. The van der Waals surface area contributed by atoms with Crippen molar-refractivity contribution in [2.24, 2.45) is 5.11 Å². The third-order valence-corrected chi connectivity index (χ3v) is 0.141. The summed E-state index contributed by atoms with van der Waals surface area (Å²) >= 11 is 0. The molecular weight excluding hydrogens is 68.0 g/mol. The van der Waals surface area contributed by atoms with Crippen LogP contribution in [0.1, 0.15) is 6.92 Å². The van der Waals surface area contributed by atoms with Crippen molar-refractivity contribution < 1.29 is 4.79 Å². The fraction of sp³-hybridized carbons (Fsp3) is 0.500. The Morgan fingerprint density at radius 2 is 2.20 bits per heavy atom. The summed E-state index contributed by atoms with van der Waals surface area (Å²) in [7, 11) is 0. The van der Waals surface area contributed by atoms with Gasteiger partial charge in [-0.05, 0) is 0 Å². The highest BCUT2D eigenvalue weighted by Crippen LogP contribution is 1.62. The molecule has 0 spiro atoms. The summed E-state index contributed by atoms with van der Waals surface area (Å²) in [5.41, 5.74) is 7.42. The van der Waals surface area contributed by atoms with Crippen LogP contribution in [0.4, 0.5) is 0 Å². The van der Waals surface area contributed by atoms with E-state index in [1.165, 1.54) is 6.92 Å². The smallest absolute Gasteiger partial charge is 0.222 e. The van der Waals surface area contributed by atoms with Gasteiger partial charge in [0.15, 0.2) is 0 Å². The Balaban J connectivity index is 3.20. The van der Waals surface area contributed by atoms with Gasteiger partial charge in [0.25, 0.3) is 0 Å². The fourth-order valence-corrected chi connectivity index (χ4v) is 0. The predicted molar refractivity (Wildman–Crippen MR) is 16.5 cm³/mol. The Bertz CT molecular complexity index is 58.7. The molecule has 0 aliphatic rings. The Labute approximate surface area is 29.5 Å². The third kappa shape index (κ3) is 3.27. The molecule has 0 saturated carbocycles.